The molecular weight excluding hydrogens is 272 g/mol. The standard InChI is InChI=1S/C15H18N2O2S/c1-15(2)9-17-13(19)12(14(17)20-15)16-11(18)8-10-6-4-3-5-7-10/h3-7,12,14H,8-9H2,1-2H3,(H,16,18)/t12?,14-/m1/s1. The van der Waals surface area contributed by atoms with Crippen LogP contribution in [-0.4, -0.2) is 39.4 Å². The Morgan fingerprint density at radius 2 is 2.10 bits per heavy atom. The van der Waals surface area contributed by atoms with Gasteiger partial charge in [0.2, 0.25) is 11.8 Å². The minimum absolute atomic E-state index is 0.0505. The molecule has 0 spiro atoms. The van der Waals surface area contributed by atoms with Crippen molar-refractivity contribution < 1.29 is 9.59 Å². The predicted molar refractivity (Wildman–Crippen MR) is 79.2 cm³/mol. The van der Waals surface area contributed by atoms with E-state index in [1.54, 1.807) is 11.8 Å². The topological polar surface area (TPSA) is 49.4 Å². The Bertz CT molecular complexity index is 544. The lowest BCUT2D eigenvalue weighted by Gasteiger charge is -2.41. The molecule has 106 valence electrons. The summed E-state index contributed by atoms with van der Waals surface area (Å²) in [6, 6.07) is 9.23. The number of carbonyl (C=O) groups excluding carboxylic acids is 2. The van der Waals surface area contributed by atoms with Gasteiger partial charge < -0.3 is 10.2 Å². The normalized spacial score (nSPS) is 26.9. The van der Waals surface area contributed by atoms with Gasteiger partial charge in [-0.25, -0.2) is 0 Å². The van der Waals surface area contributed by atoms with E-state index in [-0.39, 0.29) is 28.0 Å². The second-order valence-electron chi connectivity index (χ2n) is 5.94. The summed E-state index contributed by atoms with van der Waals surface area (Å²) < 4.78 is 0.0826. The maximum Gasteiger partial charge on any atom is 0.249 e. The van der Waals surface area contributed by atoms with Gasteiger partial charge in [-0.15, -0.1) is 11.8 Å². The van der Waals surface area contributed by atoms with Crippen LogP contribution in [0.5, 0.6) is 0 Å². The quantitative estimate of drug-likeness (QED) is 0.856. The van der Waals surface area contributed by atoms with Gasteiger partial charge in [0.25, 0.3) is 0 Å². The van der Waals surface area contributed by atoms with Crippen molar-refractivity contribution in [2.24, 2.45) is 0 Å². The first-order valence-electron chi connectivity index (χ1n) is 6.78. The van der Waals surface area contributed by atoms with Crippen LogP contribution >= 0.6 is 11.8 Å². The van der Waals surface area contributed by atoms with E-state index in [0.717, 1.165) is 12.1 Å². The summed E-state index contributed by atoms with van der Waals surface area (Å²) >= 11 is 1.77. The molecule has 1 N–H and O–H groups in total. The molecule has 0 bridgehead atoms. The molecule has 4 nitrogen and oxygen atoms in total. The zero-order valence-electron chi connectivity index (χ0n) is 11.6. The Hall–Kier alpha value is -1.49. The van der Waals surface area contributed by atoms with Gasteiger partial charge in [0.1, 0.15) is 11.4 Å². The maximum atomic E-state index is 12.0. The van der Waals surface area contributed by atoms with E-state index >= 15 is 0 Å². The smallest absolute Gasteiger partial charge is 0.249 e. The van der Waals surface area contributed by atoms with Crippen molar-refractivity contribution >= 4 is 23.6 Å². The summed E-state index contributed by atoms with van der Waals surface area (Å²) in [5.74, 6) is -0.0333. The van der Waals surface area contributed by atoms with E-state index in [1.807, 2.05) is 35.2 Å². The molecule has 20 heavy (non-hydrogen) atoms. The molecule has 2 heterocycles. The van der Waals surface area contributed by atoms with Gasteiger partial charge in [-0.05, 0) is 19.4 Å². The van der Waals surface area contributed by atoms with Gasteiger partial charge in [0.05, 0.1) is 6.42 Å². The van der Waals surface area contributed by atoms with E-state index < -0.39 is 0 Å². The molecule has 0 aromatic heterocycles. The maximum absolute atomic E-state index is 12.0. The third-order valence-electron chi connectivity index (χ3n) is 3.66. The molecule has 3 rings (SSSR count). The van der Waals surface area contributed by atoms with Gasteiger partial charge in [0, 0.05) is 11.3 Å². The van der Waals surface area contributed by atoms with Gasteiger partial charge >= 0.3 is 0 Å². The fourth-order valence-electron chi connectivity index (χ4n) is 2.74. The number of benzene rings is 1. The van der Waals surface area contributed by atoms with Gasteiger partial charge in [-0.3, -0.25) is 9.59 Å². The Morgan fingerprint density at radius 1 is 1.40 bits per heavy atom. The van der Waals surface area contributed by atoms with Crippen molar-refractivity contribution in [1.29, 1.82) is 0 Å². The molecule has 2 saturated heterocycles. The van der Waals surface area contributed by atoms with Crippen LogP contribution in [0.2, 0.25) is 0 Å². The summed E-state index contributed by atoms with van der Waals surface area (Å²) in [4.78, 5) is 25.9. The molecular formula is C15H18N2O2S. The Labute approximate surface area is 122 Å². The third-order valence-corrected chi connectivity index (χ3v) is 5.19. The van der Waals surface area contributed by atoms with Crippen LogP contribution in [0.15, 0.2) is 30.3 Å². The van der Waals surface area contributed by atoms with E-state index in [1.165, 1.54) is 0 Å². The zero-order chi connectivity index (χ0) is 14.3. The summed E-state index contributed by atoms with van der Waals surface area (Å²) in [5, 5.41) is 2.98. The number of hydrogen-bond donors (Lipinski definition) is 1. The van der Waals surface area contributed by atoms with Crippen LogP contribution in [-0.2, 0) is 16.0 Å². The molecule has 2 atom stereocenters. The zero-order valence-corrected chi connectivity index (χ0v) is 12.4. The lowest BCUT2D eigenvalue weighted by Crippen LogP contribution is -2.67. The monoisotopic (exact) mass is 290 g/mol. The lowest BCUT2D eigenvalue weighted by atomic mass is 10.0. The number of thioether (sulfide) groups is 1. The summed E-state index contributed by atoms with van der Waals surface area (Å²) in [7, 11) is 0. The number of rotatable bonds is 3. The highest BCUT2D eigenvalue weighted by Gasteiger charge is 2.56. The summed E-state index contributed by atoms with van der Waals surface area (Å²) in [6.07, 6.45) is 0.325. The van der Waals surface area contributed by atoms with Crippen molar-refractivity contribution in [3.8, 4) is 0 Å². The summed E-state index contributed by atoms with van der Waals surface area (Å²) in [5.41, 5.74) is 0.966. The number of nitrogens with one attached hydrogen (secondary N) is 1. The minimum Gasteiger partial charge on any atom is -0.341 e. The van der Waals surface area contributed by atoms with Crippen molar-refractivity contribution in [1.82, 2.24) is 10.2 Å². The van der Waals surface area contributed by atoms with Crippen LogP contribution in [0.1, 0.15) is 19.4 Å². The molecule has 2 amide bonds. The van der Waals surface area contributed by atoms with E-state index in [9.17, 15) is 9.59 Å². The van der Waals surface area contributed by atoms with Crippen LogP contribution in [0.25, 0.3) is 0 Å². The van der Waals surface area contributed by atoms with E-state index in [0.29, 0.717) is 6.42 Å². The number of carbonyl (C=O) groups is 2. The Kier molecular flexibility index (Phi) is 3.24. The first kappa shape index (κ1) is 13.5. The molecule has 2 fully saturated rings. The van der Waals surface area contributed by atoms with E-state index in [4.69, 9.17) is 0 Å². The highest BCUT2D eigenvalue weighted by atomic mass is 32.2. The third kappa shape index (κ3) is 2.42. The van der Waals surface area contributed by atoms with Crippen molar-refractivity contribution in [3.63, 3.8) is 0 Å². The van der Waals surface area contributed by atoms with Gasteiger partial charge in [-0.1, -0.05) is 30.3 Å². The largest absolute Gasteiger partial charge is 0.341 e. The Morgan fingerprint density at radius 3 is 2.80 bits per heavy atom. The first-order valence-corrected chi connectivity index (χ1v) is 7.66. The lowest BCUT2D eigenvalue weighted by molar-refractivity contribution is -0.147. The molecule has 0 radical (unpaired) electrons. The summed E-state index contributed by atoms with van der Waals surface area (Å²) in [6.45, 7) is 5.03. The highest BCUT2D eigenvalue weighted by Crippen LogP contribution is 2.46. The second-order valence-corrected chi connectivity index (χ2v) is 7.77. The minimum atomic E-state index is -0.349. The Balaban J connectivity index is 1.59. The fraction of sp³-hybridized carbons (Fsp3) is 0.467. The number of nitrogens with zero attached hydrogens (tertiary/aromatic N) is 1. The molecule has 0 saturated carbocycles. The average molecular weight is 290 g/mol. The first-order chi connectivity index (χ1) is 9.46. The molecule has 1 unspecified atom stereocenters. The predicted octanol–water partition coefficient (Wildman–Crippen LogP) is 1.41. The molecule has 5 heteroatoms. The van der Waals surface area contributed by atoms with Crippen LogP contribution in [0.4, 0.5) is 0 Å². The number of fused-ring (bicyclic) bond motifs is 1. The van der Waals surface area contributed by atoms with Gasteiger partial charge in [0.15, 0.2) is 0 Å². The van der Waals surface area contributed by atoms with Crippen molar-refractivity contribution in [2.75, 3.05) is 6.54 Å². The van der Waals surface area contributed by atoms with Crippen LogP contribution in [0, 0.1) is 0 Å². The molecule has 2 aliphatic rings. The van der Waals surface area contributed by atoms with E-state index in [2.05, 4.69) is 19.2 Å². The van der Waals surface area contributed by atoms with Crippen LogP contribution in [0.3, 0.4) is 0 Å². The average Bonchev–Trinajstić information content (AvgIpc) is 2.70. The molecule has 1 aromatic carbocycles. The van der Waals surface area contributed by atoms with Crippen molar-refractivity contribution in [3.05, 3.63) is 35.9 Å². The highest BCUT2D eigenvalue weighted by molar-refractivity contribution is 8.01. The van der Waals surface area contributed by atoms with Crippen molar-refractivity contribution in [2.45, 2.75) is 36.4 Å². The van der Waals surface area contributed by atoms with Crippen LogP contribution < -0.4 is 5.32 Å². The number of hydrogen-bond acceptors (Lipinski definition) is 3. The molecule has 2 aliphatic heterocycles. The molecule has 1 aromatic rings. The number of β-lactam (4-membered cyclic amide) rings is 1. The number of amides is 2. The second kappa shape index (κ2) is 4.81. The van der Waals surface area contributed by atoms with Gasteiger partial charge in [-0.2, -0.15) is 0 Å². The molecule has 0 aliphatic carbocycles. The SMILES string of the molecule is CC1(C)CN2C(=O)C(NC(=O)Cc3ccccc3)[C@H]2S1. The fourth-order valence-corrected chi connectivity index (χ4v) is 4.23.